The average molecular weight is 296 g/mol. The van der Waals surface area contributed by atoms with Crippen molar-refractivity contribution in [3.05, 3.63) is 59.1 Å². The first-order chi connectivity index (χ1) is 10.6. The Bertz CT molecular complexity index is 865. The van der Waals surface area contributed by atoms with Crippen LogP contribution in [0, 0.1) is 0 Å². The highest BCUT2D eigenvalue weighted by Gasteiger charge is 2.12. The summed E-state index contributed by atoms with van der Waals surface area (Å²) in [5, 5.41) is 7.15. The zero-order valence-electron chi connectivity index (χ0n) is 12.2. The molecule has 0 saturated carbocycles. The largest absolute Gasteiger partial charge is 0.347 e. The zero-order valence-corrected chi connectivity index (χ0v) is 12.2. The van der Waals surface area contributed by atoms with E-state index in [0.717, 1.165) is 10.9 Å². The molecule has 1 aromatic carbocycles. The van der Waals surface area contributed by atoms with Gasteiger partial charge < -0.3 is 9.47 Å². The molecule has 0 unspecified atom stereocenters. The molecule has 22 heavy (non-hydrogen) atoms. The molecule has 112 valence electrons. The number of H-pyrrole nitrogens is 1. The Morgan fingerprint density at radius 3 is 2.95 bits per heavy atom. The molecule has 0 atom stereocenters. The number of nitrogens with zero attached hydrogens (tertiary/aromatic N) is 3. The van der Waals surface area contributed by atoms with Crippen molar-refractivity contribution in [2.45, 2.75) is 13.0 Å². The number of hydrogen-bond acceptors (Lipinski definition) is 3. The van der Waals surface area contributed by atoms with Crippen molar-refractivity contribution < 1.29 is 4.79 Å². The number of aromatic amines is 1. The molecular formula is C16H16N4O2. The van der Waals surface area contributed by atoms with Gasteiger partial charge in [0.15, 0.2) is 0 Å². The average Bonchev–Trinajstić information content (AvgIpc) is 2.95. The van der Waals surface area contributed by atoms with Crippen LogP contribution in [0.25, 0.3) is 10.9 Å². The minimum Gasteiger partial charge on any atom is -0.347 e. The highest BCUT2D eigenvalue weighted by Crippen LogP contribution is 2.16. The fourth-order valence-electron chi connectivity index (χ4n) is 2.41. The molecular weight excluding hydrogens is 280 g/mol. The quantitative estimate of drug-likeness (QED) is 0.797. The summed E-state index contributed by atoms with van der Waals surface area (Å²) in [5.74, 6) is -0.0646. The SMILES string of the molecule is CN(C(=O)CCn1ccc2ccccc21)c1cn[nH]c(=O)c1. The number of benzene rings is 1. The molecule has 6 nitrogen and oxygen atoms in total. The van der Waals surface area contributed by atoms with Crippen LogP contribution in [0.5, 0.6) is 0 Å². The van der Waals surface area contributed by atoms with E-state index >= 15 is 0 Å². The molecule has 0 saturated heterocycles. The van der Waals surface area contributed by atoms with Gasteiger partial charge in [-0.05, 0) is 17.5 Å². The second kappa shape index (κ2) is 5.85. The number of fused-ring (bicyclic) bond motifs is 1. The second-order valence-electron chi connectivity index (χ2n) is 5.07. The normalized spacial score (nSPS) is 10.8. The fraction of sp³-hybridized carbons (Fsp3) is 0.188. The summed E-state index contributed by atoms with van der Waals surface area (Å²) in [6.45, 7) is 0.591. The summed E-state index contributed by atoms with van der Waals surface area (Å²) in [6.07, 6.45) is 3.79. The number of carbonyl (C=O) groups excluding carboxylic acids is 1. The predicted octanol–water partition coefficient (Wildman–Crippen LogP) is 1.78. The molecule has 3 aromatic rings. The molecule has 2 heterocycles. The lowest BCUT2D eigenvalue weighted by atomic mass is 10.2. The summed E-state index contributed by atoms with van der Waals surface area (Å²) in [7, 11) is 1.65. The lowest BCUT2D eigenvalue weighted by molar-refractivity contribution is -0.118. The third-order valence-corrected chi connectivity index (χ3v) is 3.66. The van der Waals surface area contributed by atoms with E-state index in [9.17, 15) is 9.59 Å². The smallest absolute Gasteiger partial charge is 0.266 e. The molecule has 6 heteroatoms. The molecule has 0 aliphatic heterocycles. The Kier molecular flexibility index (Phi) is 3.74. The summed E-state index contributed by atoms with van der Waals surface area (Å²) in [5.41, 5.74) is 1.27. The Morgan fingerprint density at radius 1 is 1.32 bits per heavy atom. The number of amides is 1. The van der Waals surface area contributed by atoms with Crippen LogP contribution >= 0.6 is 0 Å². The molecule has 0 spiro atoms. The lowest BCUT2D eigenvalue weighted by Crippen LogP contribution is -2.28. The Balaban J connectivity index is 1.71. The number of rotatable bonds is 4. The number of carbonyl (C=O) groups is 1. The number of para-hydroxylation sites is 1. The molecule has 3 rings (SSSR count). The van der Waals surface area contributed by atoms with Gasteiger partial charge in [-0.25, -0.2) is 5.10 Å². The van der Waals surface area contributed by atoms with Crippen LogP contribution in [-0.2, 0) is 11.3 Å². The van der Waals surface area contributed by atoms with Gasteiger partial charge in [0, 0.05) is 37.8 Å². The van der Waals surface area contributed by atoms with Crippen molar-refractivity contribution in [2.24, 2.45) is 0 Å². The van der Waals surface area contributed by atoms with E-state index in [-0.39, 0.29) is 11.5 Å². The second-order valence-corrected chi connectivity index (χ2v) is 5.07. The zero-order chi connectivity index (χ0) is 15.5. The number of nitrogens with one attached hydrogen (secondary N) is 1. The predicted molar refractivity (Wildman–Crippen MR) is 84.8 cm³/mol. The van der Waals surface area contributed by atoms with Crippen molar-refractivity contribution in [3.8, 4) is 0 Å². The minimum absolute atomic E-state index is 0.0646. The highest BCUT2D eigenvalue weighted by molar-refractivity contribution is 5.92. The topological polar surface area (TPSA) is 71.0 Å². The maximum Gasteiger partial charge on any atom is 0.266 e. The van der Waals surface area contributed by atoms with Crippen LogP contribution in [0.2, 0.25) is 0 Å². The van der Waals surface area contributed by atoms with E-state index in [0.29, 0.717) is 18.7 Å². The van der Waals surface area contributed by atoms with Gasteiger partial charge in [0.2, 0.25) is 5.91 Å². The monoisotopic (exact) mass is 296 g/mol. The molecule has 0 aliphatic carbocycles. The van der Waals surface area contributed by atoms with Crippen molar-refractivity contribution >= 4 is 22.5 Å². The van der Waals surface area contributed by atoms with Crippen molar-refractivity contribution in [3.63, 3.8) is 0 Å². The first-order valence-corrected chi connectivity index (χ1v) is 7.00. The molecule has 0 bridgehead atoms. The van der Waals surface area contributed by atoms with Gasteiger partial charge in [0.05, 0.1) is 11.9 Å². The standard InChI is InChI=1S/C16H16N4O2/c1-19(13-10-15(21)18-17-11-13)16(22)7-9-20-8-6-12-4-2-3-5-14(12)20/h2-6,8,10-11H,7,9H2,1H3,(H,18,21). The first-order valence-electron chi connectivity index (χ1n) is 7.00. The number of hydrogen-bond donors (Lipinski definition) is 1. The summed E-state index contributed by atoms with van der Waals surface area (Å²) in [4.78, 5) is 25.0. The van der Waals surface area contributed by atoms with E-state index in [4.69, 9.17) is 0 Å². The number of anilines is 1. The third kappa shape index (κ3) is 2.76. The van der Waals surface area contributed by atoms with Crippen molar-refractivity contribution in [1.82, 2.24) is 14.8 Å². The molecule has 0 fully saturated rings. The van der Waals surface area contributed by atoms with E-state index in [1.54, 1.807) is 7.05 Å². The Hall–Kier alpha value is -2.89. The van der Waals surface area contributed by atoms with Gasteiger partial charge in [-0.2, -0.15) is 5.10 Å². The van der Waals surface area contributed by atoms with Gasteiger partial charge in [-0.3, -0.25) is 9.59 Å². The van der Waals surface area contributed by atoms with E-state index in [1.165, 1.54) is 17.2 Å². The van der Waals surface area contributed by atoms with Crippen LogP contribution in [0.3, 0.4) is 0 Å². The molecule has 2 aromatic heterocycles. The number of aromatic nitrogens is 3. The first kappa shape index (κ1) is 14.1. The molecule has 1 amide bonds. The Labute approximate surface area is 127 Å². The summed E-state index contributed by atoms with van der Waals surface area (Å²) in [6, 6.07) is 11.4. The van der Waals surface area contributed by atoms with Crippen molar-refractivity contribution in [1.29, 1.82) is 0 Å². The third-order valence-electron chi connectivity index (χ3n) is 3.66. The molecule has 0 aliphatic rings. The highest BCUT2D eigenvalue weighted by atomic mass is 16.2. The van der Waals surface area contributed by atoms with Crippen LogP contribution in [0.4, 0.5) is 5.69 Å². The van der Waals surface area contributed by atoms with Crippen LogP contribution < -0.4 is 10.5 Å². The molecule has 1 N–H and O–H groups in total. The maximum atomic E-state index is 12.3. The Morgan fingerprint density at radius 2 is 2.14 bits per heavy atom. The van der Waals surface area contributed by atoms with Crippen molar-refractivity contribution in [2.75, 3.05) is 11.9 Å². The van der Waals surface area contributed by atoms with E-state index in [1.807, 2.05) is 36.5 Å². The van der Waals surface area contributed by atoms with Crippen LogP contribution in [-0.4, -0.2) is 27.7 Å². The van der Waals surface area contributed by atoms with Crippen LogP contribution in [0.15, 0.2) is 53.6 Å². The maximum absolute atomic E-state index is 12.3. The van der Waals surface area contributed by atoms with Gasteiger partial charge in [-0.15, -0.1) is 0 Å². The van der Waals surface area contributed by atoms with Gasteiger partial charge in [0.1, 0.15) is 0 Å². The van der Waals surface area contributed by atoms with E-state index < -0.39 is 0 Å². The summed E-state index contributed by atoms with van der Waals surface area (Å²) >= 11 is 0. The van der Waals surface area contributed by atoms with Gasteiger partial charge in [0.25, 0.3) is 5.56 Å². The summed E-state index contributed by atoms with van der Waals surface area (Å²) < 4.78 is 2.05. The lowest BCUT2D eigenvalue weighted by Gasteiger charge is -2.16. The number of aryl methyl sites for hydroxylation is 1. The van der Waals surface area contributed by atoms with Crippen LogP contribution in [0.1, 0.15) is 6.42 Å². The fourth-order valence-corrected chi connectivity index (χ4v) is 2.41. The van der Waals surface area contributed by atoms with E-state index in [2.05, 4.69) is 14.8 Å². The van der Waals surface area contributed by atoms with Gasteiger partial charge in [-0.1, -0.05) is 18.2 Å². The molecule has 0 radical (unpaired) electrons. The van der Waals surface area contributed by atoms with Gasteiger partial charge >= 0.3 is 0 Å². The minimum atomic E-state index is -0.325.